The van der Waals surface area contributed by atoms with E-state index in [4.69, 9.17) is 4.74 Å². The van der Waals surface area contributed by atoms with E-state index in [0.717, 1.165) is 19.3 Å². The molecule has 122 valence electrons. The first-order chi connectivity index (χ1) is 10.6. The van der Waals surface area contributed by atoms with Gasteiger partial charge in [-0.3, -0.25) is 0 Å². The van der Waals surface area contributed by atoms with Crippen molar-refractivity contribution >= 4 is 17.8 Å². The second-order valence-electron chi connectivity index (χ2n) is 5.77. The third-order valence-electron chi connectivity index (χ3n) is 3.99. The van der Waals surface area contributed by atoms with Crippen molar-refractivity contribution < 1.29 is 9.53 Å². The highest BCUT2D eigenvalue weighted by Gasteiger charge is 2.32. The van der Waals surface area contributed by atoms with Gasteiger partial charge in [-0.2, -0.15) is 0 Å². The lowest BCUT2D eigenvalue weighted by atomic mass is 10.2. The lowest BCUT2D eigenvalue weighted by molar-refractivity contribution is 0.110. The fourth-order valence-electron chi connectivity index (χ4n) is 2.28. The monoisotopic (exact) mass is 322 g/mol. The molecule has 1 aliphatic rings. The lowest BCUT2D eigenvalue weighted by Gasteiger charge is -2.23. The normalized spacial score (nSPS) is 15.4. The summed E-state index contributed by atoms with van der Waals surface area (Å²) in [6, 6.07) is 8.90. The number of hydrogen-bond acceptors (Lipinski definition) is 3. The zero-order valence-electron chi connectivity index (χ0n) is 13.7. The number of nitrogens with zero attached hydrogens (tertiary/aromatic N) is 1. The highest BCUT2D eigenvalue weighted by atomic mass is 32.2. The van der Waals surface area contributed by atoms with E-state index in [1.54, 1.807) is 18.9 Å². The standard InChI is InChI=1S/C17H26N2O2S/c1-13(21-2)10-11-18-17(20)19(15-6-7-15)12-14-4-8-16(22-3)9-5-14/h4-5,8-9,13,15H,6-7,10-12H2,1-3H3,(H,18,20)/t13-/m1/s1. The largest absolute Gasteiger partial charge is 0.382 e. The minimum absolute atomic E-state index is 0.0414. The van der Waals surface area contributed by atoms with E-state index in [9.17, 15) is 4.79 Å². The van der Waals surface area contributed by atoms with E-state index in [1.165, 1.54) is 10.5 Å². The molecule has 0 bridgehead atoms. The third kappa shape index (κ3) is 5.21. The predicted molar refractivity (Wildman–Crippen MR) is 91.3 cm³/mol. The van der Waals surface area contributed by atoms with Crippen molar-refractivity contribution in [3.05, 3.63) is 29.8 Å². The minimum Gasteiger partial charge on any atom is -0.382 e. The number of amides is 2. The first-order valence-corrected chi connectivity index (χ1v) is 9.06. The Bertz CT molecular complexity index is 474. The van der Waals surface area contributed by atoms with Gasteiger partial charge in [-0.05, 0) is 50.1 Å². The van der Waals surface area contributed by atoms with Crippen molar-refractivity contribution in [2.24, 2.45) is 0 Å². The molecular formula is C17H26N2O2S. The number of benzene rings is 1. The van der Waals surface area contributed by atoms with Crippen LogP contribution in [-0.2, 0) is 11.3 Å². The van der Waals surface area contributed by atoms with Gasteiger partial charge in [-0.1, -0.05) is 12.1 Å². The first-order valence-electron chi connectivity index (χ1n) is 7.84. The van der Waals surface area contributed by atoms with Crippen LogP contribution >= 0.6 is 11.8 Å². The number of carbonyl (C=O) groups is 1. The highest BCUT2D eigenvalue weighted by Crippen LogP contribution is 2.28. The minimum atomic E-state index is 0.0414. The molecule has 0 spiro atoms. The number of nitrogens with one attached hydrogen (secondary N) is 1. The summed E-state index contributed by atoms with van der Waals surface area (Å²) in [6.07, 6.45) is 5.31. The summed E-state index contributed by atoms with van der Waals surface area (Å²) < 4.78 is 5.20. The summed E-state index contributed by atoms with van der Waals surface area (Å²) in [6.45, 7) is 3.35. The number of methoxy groups -OCH3 is 1. The van der Waals surface area contributed by atoms with Gasteiger partial charge in [0.25, 0.3) is 0 Å². The van der Waals surface area contributed by atoms with Crippen molar-refractivity contribution in [3.8, 4) is 0 Å². The van der Waals surface area contributed by atoms with Gasteiger partial charge in [0.2, 0.25) is 0 Å². The summed E-state index contributed by atoms with van der Waals surface area (Å²) in [5.74, 6) is 0. The Balaban J connectivity index is 1.87. The zero-order chi connectivity index (χ0) is 15.9. The van der Waals surface area contributed by atoms with Crippen LogP contribution in [0.2, 0.25) is 0 Å². The van der Waals surface area contributed by atoms with Crippen molar-refractivity contribution in [1.82, 2.24) is 10.2 Å². The van der Waals surface area contributed by atoms with E-state index in [0.29, 0.717) is 19.1 Å². The predicted octanol–water partition coefficient (Wildman–Crippen LogP) is 3.51. The molecule has 0 heterocycles. The quantitative estimate of drug-likeness (QED) is 0.745. The van der Waals surface area contributed by atoms with Gasteiger partial charge >= 0.3 is 6.03 Å². The summed E-state index contributed by atoms with van der Waals surface area (Å²) in [5, 5.41) is 3.01. The van der Waals surface area contributed by atoms with Crippen LogP contribution in [0.4, 0.5) is 4.79 Å². The fraction of sp³-hybridized carbons (Fsp3) is 0.588. The van der Waals surface area contributed by atoms with E-state index < -0.39 is 0 Å². The maximum absolute atomic E-state index is 12.4. The van der Waals surface area contributed by atoms with Crippen LogP contribution in [0, 0.1) is 0 Å². The topological polar surface area (TPSA) is 41.6 Å². The van der Waals surface area contributed by atoms with Crippen LogP contribution in [0.25, 0.3) is 0 Å². The second-order valence-corrected chi connectivity index (χ2v) is 6.65. The molecule has 1 fully saturated rings. The molecule has 0 aromatic heterocycles. The maximum atomic E-state index is 12.4. The van der Waals surface area contributed by atoms with E-state index >= 15 is 0 Å². The van der Waals surface area contributed by atoms with Gasteiger partial charge in [0, 0.05) is 31.1 Å². The lowest BCUT2D eigenvalue weighted by Crippen LogP contribution is -2.41. The number of hydrogen-bond donors (Lipinski definition) is 1. The zero-order valence-corrected chi connectivity index (χ0v) is 14.5. The van der Waals surface area contributed by atoms with Crippen molar-refractivity contribution in [3.63, 3.8) is 0 Å². The molecule has 1 aromatic rings. The maximum Gasteiger partial charge on any atom is 0.317 e. The molecule has 0 aliphatic heterocycles. The molecule has 1 saturated carbocycles. The summed E-state index contributed by atoms with van der Waals surface area (Å²) >= 11 is 1.73. The van der Waals surface area contributed by atoms with Gasteiger partial charge in [-0.15, -0.1) is 11.8 Å². The van der Waals surface area contributed by atoms with Crippen molar-refractivity contribution in [2.45, 2.75) is 49.8 Å². The average Bonchev–Trinajstić information content (AvgIpc) is 3.37. The molecule has 0 unspecified atom stereocenters. The van der Waals surface area contributed by atoms with Crippen LogP contribution < -0.4 is 5.32 Å². The number of carbonyl (C=O) groups excluding carboxylic acids is 1. The molecule has 1 aliphatic carbocycles. The van der Waals surface area contributed by atoms with Gasteiger partial charge in [0.05, 0.1) is 6.10 Å². The Hall–Kier alpha value is -1.20. The van der Waals surface area contributed by atoms with Gasteiger partial charge in [0.1, 0.15) is 0 Å². The van der Waals surface area contributed by atoms with Gasteiger partial charge < -0.3 is 15.0 Å². The Labute approximate surface area is 137 Å². The van der Waals surface area contributed by atoms with E-state index in [1.807, 2.05) is 11.8 Å². The smallest absolute Gasteiger partial charge is 0.317 e. The van der Waals surface area contributed by atoms with Crippen LogP contribution in [0.1, 0.15) is 31.7 Å². The van der Waals surface area contributed by atoms with Crippen molar-refractivity contribution in [2.75, 3.05) is 19.9 Å². The summed E-state index contributed by atoms with van der Waals surface area (Å²) in [4.78, 5) is 15.6. The molecule has 1 aromatic carbocycles. The molecule has 1 N–H and O–H groups in total. The SMILES string of the molecule is CO[C@H](C)CCNC(=O)N(Cc1ccc(SC)cc1)C1CC1. The summed E-state index contributed by atoms with van der Waals surface area (Å²) in [5.41, 5.74) is 1.19. The molecule has 0 radical (unpaired) electrons. The Kier molecular flexibility index (Phi) is 6.58. The fourth-order valence-corrected chi connectivity index (χ4v) is 2.69. The van der Waals surface area contributed by atoms with E-state index in [-0.39, 0.29) is 12.1 Å². The summed E-state index contributed by atoms with van der Waals surface area (Å²) in [7, 11) is 1.70. The Morgan fingerprint density at radius 2 is 2.09 bits per heavy atom. The molecule has 5 heteroatoms. The van der Waals surface area contributed by atoms with Crippen LogP contribution in [-0.4, -0.2) is 43.0 Å². The highest BCUT2D eigenvalue weighted by molar-refractivity contribution is 7.98. The molecule has 22 heavy (non-hydrogen) atoms. The average molecular weight is 322 g/mol. The van der Waals surface area contributed by atoms with Crippen molar-refractivity contribution in [1.29, 1.82) is 0 Å². The molecule has 2 rings (SSSR count). The number of urea groups is 1. The molecule has 1 atom stereocenters. The number of rotatable bonds is 8. The second kappa shape index (κ2) is 8.44. The first kappa shape index (κ1) is 17.2. The Morgan fingerprint density at radius 3 is 2.64 bits per heavy atom. The van der Waals surface area contributed by atoms with E-state index in [2.05, 4.69) is 35.8 Å². The molecule has 0 saturated heterocycles. The van der Waals surface area contributed by atoms with Crippen LogP contribution in [0.15, 0.2) is 29.2 Å². The van der Waals surface area contributed by atoms with Gasteiger partial charge in [0.15, 0.2) is 0 Å². The third-order valence-corrected chi connectivity index (χ3v) is 4.73. The molecule has 2 amide bonds. The van der Waals surface area contributed by atoms with Crippen LogP contribution in [0.5, 0.6) is 0 Å². The Morgan fingerprint density at radius 1 is 1.41 bits per heavy atom. The molecule has 4 nitrogen and oxygen atoms in total. The number of ether oxygens (including phenoxy) is 1. The van der Waals surface area contributed by atoms with Gasteiger partial charge in [-0.25, -0.2) is 4.79 Å². The molecular weight excluding hydrogens is 296 g/mol. The van der Waals surface area contributed by atoms with Crippen LogP contribution in [0.3, 0.4) is 0 Å². The number of thioether (sulfide) groups is 1.